The number of aryl methyl sites for hydroxylation is 1. The molecule has 0 spiro atoms. The summed E-state index contributed by atoms with van der Waals surface area (Å²) in [6, 6.07) is 11.0. The molecular formula is C27H25N3O4. The molecule has 34 heavy (non-hydrogen) atoms. The summed E-state index contributed by atoms with van der Waals surface area (Å²) >= 11 is 0. The molecular weight excluding hydrogens is 430 g/mol. The van der Waals surface area contributed by atoms with Crippen molar-refractivity contribution >= 4 is 40.8 Å². The first-order valence-corrected chi connectivity index (χ1v) is 11.5. The van der Waals surface area contributed by atoms with Gasteiger partial charge in [-0.3, -0.25) is 9.59 Å². The highest BCUT2D eigenvalue weighted by atomic mass is 16.4. The highest BCUT2D eigenvalue weighted by Crippen LogP contribution is 2.37. The van der Waals surface area contributed by atoms with E-state index in [0.717, 1.165) is 30.5 Å². The summed E-state index contributed by atoms with van der Waals surface area (Å²) in [4.78, 5) is 40.0. The number of hydrogen-bond donors (Lipinski definition) is 4. The number of aromatic carboxylic acids is 1. The number of H-pyrrole nitrogens is 1. The van der Waals surface area contributed by atoms with Crippen LogP contribution in [0.2, 0.25) is 0 Å². The van der Waals surface area contributed by atoms with Crippen molar-refractivity contribution in [1.29, 1.82) is 0 Å². The van der Waals surface area contributed by atoms with Gasteiger partial charge in [-0.1, -0.05) is 6.92 Å². The van der Waals surface area contributed by atoms with Crippen molar-refractivity contribution in [2.45, 2.75) is 39.0 Å². The highest BCUT2D eigenvalue weighted by molar-refractivity contribution is 6.35. The van der Waals surface area contributed by atoms with Crippen LogP contribution >= 0.6 is 0 Å². The number of benzene rings is 2. The Labute approximate surface area is 196 Å². The van der Waals surface area contributed by atoms with Crippen molar-refractivity contribution in [3.8, 4) is 0 Å². The van der Waals surface area contributed by atoms with Crippen molar-refractivity contribution in [2.75, 3.05) is 10.6 Å². The van der Waals surface area contributed by atoms with Crippen LogP contribution in [-0.4, -0.2) is 27.9 Å². The van der Waals surface area contributed by atoms with Gasteiger partial charge < -0.3 is 20.7 Å². The molecule has 0 atom stereocenters. The van der Waals surface area contributed by atoms with Crippen molar-refractivity contribution in [3.63, 3.8) is 0 Å². The molecule has 0 saturated carbocycles. The van der Waals surface area contributed by atoms with Gasteiger partial charge in [0.15, 0.2) is 0 Å². The molecule has 0 bridgehead atoms. The van der Waals surface area contributed by atoms with Crippen LogP contribution in [0.15, 0.2) is 42.5 Å². The van der Waals surface area contributed by atoms with E-state index in [9.17, 15) is 14.4 Å². The lowest BCUT2D eigenvalue weighted by Gasteiger charge is -2.11. The summed E-state index contributed by atoms with van der Waals surface area (Å²) in [5.74, 6) is -1.57. The lowest BCUT2D eigenvalue weighted by molar-refractivity contribution is -0.110. The number of rotatable bonds is 5. The molecule has 0 saturated heterocycles. The summed E-state index contributed by atoms with van der Waals surface area (Å²) in [6.45, 7) is 2.14. The van der Waals surface area contributed by atoms with Gasteiger partial charge in [0.2, 0.25) is 0 Å². The lowest BCUT2D eigenvalue weighted by Crippen LogP contribution is -2.12. The normalized spacial score (nSPS) is 15.6. The smallest absolute Gasteiger partial charge is 0.335 e. The molecule has 7 nitrogen and oxygen atoms in total. The Hall–Kier alpha value is -4.13. The summed E-state index contributed by atoms with van der Waals surface area (Å²) in [6.07, 6.45) is 7.31. The molecule has 1 aliphatic carbocycles. The zero-order valence-electron chi connectivity index (χ0n) is 18.8. The van der Waals surface area contributed by atoms with Crippen LogP contribution < -0.4 is 10.6 Å². The average molecular weight is 456 g/mol. The minimum absolute atomic E-state index is 0.117. The molecule has 0 radical (unpaired) electrons. The fourth-order valence-electron chi connectivity index (χ4n) is 4.82. The molecule has 0 fully saturated rings. The number of amides is 2. The van der Waals surface area contributed by atoms with Gasteiger partial charge >= 0.3 is 5.97 Å². The summed E-state index contributed by atoms with van der Waals surface area (Å²) in [5, 5.41) is 14.8. The lowest BCUT2D eigenvalue weighted by atomic mass is 9.93. The van der Waals surface area contributed by atoms with Gasteiger partial charge in [0.1, 0.15) is 0 Å². The monoisotopic (exact) mass is 455 g/mol. The summed E-state index contributed by atoms with van der Waals surface area (Å²) < 4.78 is 0. The van der Waals surface area contributed by atoms with E-state index in [1.54, 1.807) is 18.2 Å². The van der Waals surface area contributed by atoms with Crippen molar-refractivity contribution in [1.82, 2.24) is 4.98 Å². The van der Waals surface area contributed by atoms with Crippen LogP contribution in [0.3, 0.4) is 0 Å². The molecule has 2 aromatic carbocycles. The molecule has 4 N–H and O–H groups in total. The molecule has 2 heterocycles. The fraction of sp³-hybridized carbons (Fsp3) is 0.222. The van der Waals surface area contributed by atoms with Crippen LogP contribution in [-0.2, 0) is 24.1 Å². The van der Waals surface area contributed by atoms with Crippen molar-refractivity contribution in [3.05, 3.63) is 81.7 Å². The van der Waals surface area contributed by atoms with Crippen LogP contribution in [0, 0.1) is 0 Å². The number of nitrogens with one attached hydrogen (secondary N) is 3. The average Bonchev–Trinajstić information content (AvgIpc) is 3.35. The number of aromatic nitrogens is 1. The van der Waals surface area contributed by atoms with E-state index in [-0.39, 0.29) is 17.4 Å². The first-order chi connectivity index (χ1) is 16.4. The number of hydrogen-bond acceptors (Lipinski definition) is 3. The van der Waals surface area contributed by atoms with E-state index in [2.05, 4.69) is 22.5 Å². The Balaban J connectivity index is 1.44. The van der Waals surface area contributed by atoms with Gasteiger partial charge in [-0.15, -0.1) is 0 Å². The van der Waals surface area contributed by atoms with Gasteiger partial charge in [-0.25, -0.2) is 4.79 Å². The number of aromatic amines is 1. The molecule has 172 valence electrons. The maximum Gasteiger partial charge on any atom is 0.335 e. The molecule has 1 aliphatic heterocycles. The van der Waals surface area contributed by atoms with E-state index in [1.165, 1.54) is 53.9 Å². The fourth-order valence-corrected chi connectivity index (χ4v) is 4.82. The van der Waals surface area contributed by atoms with Crippen LogP contribution in [0.5, 0.6) is 0 Å². The Bertz CT molecular complexity index is 1350. The molecule has 2 aliphatic rings. The predicted octanol–water partition coefficient (Wildman–Crippen LogP) is 4.90. The molecule has 5 rings (SSSR count). The van der Waals surface area contributed by atoms with E-state index < -0.39 is 5.97 Å². The molecule has 1 aromatic heterocycles. The standard InChI is InChI=1S/C27H25N3O4/c1-2-18-19-5-3-4-6-22(19)29-24(18)14-21-20-13-17(11-12-23(20)30-26(21)32)28-25(31)15-7-9-16(10-8-15)27(33)34/h7-14,29H,2-6H2,1H3,(H,28,31)(H,30,32)(H,33,34). The van der Waals surface area contributed by atoms with Crippen LogP contribution in [0.25, 0.3) is 11.6 Å². The number of carboxylic acid groups (broad SMARTS) is 1. The zero-order valence-corrected chi connectivity index (χ0v) is 18.8. The number of carbonyl (C=O) groups excluding carboxylic acids is 2. The molecule has 0 unspecified atom stereocenters. The minimum atomic E-state index is -1.05. The topological polar surface area (TPSA) is 111 Å². The van der Waals surface area contributed by atoms with Gasteiger partial charge in [-0.05, 0) is 91.8 Å². The maximum atomic E-state index is 12.8. The summed E-state index contributed by atoms with van der Waals surface area (Å²) in [7, 11) is 0. The molecule has 2 amide bonds. The number of anilines is 2. The Morgan fingerprint density at radius 1 is 1.06 bits per heavy atom. The van der Waals surface area contributed by atoms with Crippen molar-refractivity contribution in [2.24, 2.45) is 0 Å². The third-order valence-electron chi connectivity index (χ3n) is 6.54. The SMILES string of the molecule is CCc1c(C=C2C(=O)Nc3ccc(NC(=O)c4ccc(C(=O)O)cc4)cc32)[nH]c2c1CCCC2. The van der Waals surface area contributed by atoms with Gasteiger partial charge in [-0.2, -0.15) is 0 Å². The summed E-state index contributed by atoms with van der Waals surface area (Å²) in [5.41, 5.74) is 7.95. The molecule has 3 aromatic rings. The quantitative estimate of drug-likeness (QED) is 0.410. The van der Waals surface area contributed by atoms with E-state index in [1.807, 2.05) is 6.08 Å². The van der Waals surface area contributed by atoms with Gasteiger partial charge in [0.05, 0.1) is 11.1 Å². The Morgan fingerprint density at radius 3 is 2.53 bits per heavy atom. The Morgan fingerprint density at radius 2 is 1.79 bits per heavy atom. The second-order valence-electron chi connectivity index (χ2n) is 8.64. The zero-order chi connectivity index (χ0) is 23.8. The second-order valence-corrected chi connectivity index (χ2v) is 8.64. The van der Waals surface area contributed by atoms with Crippen molar-refractivity contribution < 1.29 is 19.5 Å². The number of carboxylic acids is 1. The largest absolute Gasteiger partial charge is 0.478 e. The second kappa shape index (κ2) is 8.67. The van der Waals surface area contributed by atoms with E-state index in [4.69, 9.17) is 5.11 Å². The van der Waals surface area contributed by atoms with Crippen LogP contribution in [0.4, 0.5) is 11.4 Å². The van der Waals surface area contributed by atoms with Gasteiger partial charge in [0.25, 0.3) is 11.8 Å². The third kappa shape index (κ3) is 3.90. The number of carbonyl (C=O) groups is 3. The van der Waals surface area contributed by atoms with E-state index >= 15 is 0 Å². The minimum Gasteiger partial charge on any atom is -0.478 e. The maximum absolute atomic E-state index is 12.8. The predicted molar refractivity (Wildman–Crippen MR) is 131 cm³/mol. The van der Waals surface area contributed by atoms with E-state index in [0.29, 0.717) is 22.5 Å². The van der Waals surface area contributed by atoms with Crippen LogP contribution in [0.1, 0.15) is 68.6 Å². The molecule has 7 heteroatoms. The van der Waals surface area contributed by atoms with Gasteiger partial charge in [0, 0.05) is 33.9 Å². The first kappa shape index (κ1) is 21.7. The first-order valence-electron chi connectivity index (χ1n) is 11.5. The third-order valence-corrected chi connectivity index (χ3v) is 6.54. The Kier molecular flexibility index (Phi) is 5.53. The number of fused-ring (bicyclic) bond motifs is 2. The highest BCUT2D eigenvalue weighted by Gasteiger charge is 2.26.